The van der Waals surface area contributed by atoms with Gasteiger partial charge in [-0.25, -0.2) is 10.3 Å². The number of amides is 3. The molecule has 3 heterocycles. The molecule has 0 radical (unpaired) electrons. The van der Waals surface area contributed by atoms with Crippen LogP contribution in [0.25, 0.3) is 0 Å². The van der Waals surface area contributed by atoms with Crippen LogP contribution in [0.1, 0.15) is 33.1 Å². The van der Waals surface area contributed by atoms with Crippen LogP contribution in [0.2, 0.25) is 0 Å². The summed E-state index contributed by atoms with van der Waals surface area (Å²) in [5.74, 6) is -0.148. The van der Waals surface area contributed by atoms with Gasteiger partial charge in [0.2, 0.25) is 0 Å². The minimum absolute atomic E-state index is 0.117. The second kappa shape index (κ2) is 7.51. The third-order valence-electron chi connectivity index (χ3n) is 5.45. The maximum absolute atomic E-state index is 12.6. The molecule has 3 aliphatic rings. The number of hydrogen-bond donors (Lipinski definition) is 3. The van der Waals surface area contributed by atoms with Gasteiger partial charge in [0.25, 0.3) is 5.91 Å². The van der Waals surface area contributed by atoms with Crippen molar-refractivity contribution in [2.75, 3.05) is 26.2 Å². The zero-order valence-corrected chi connectivity index (χ0v) is 16.2. The Morgan fingerprint density at radius 3 is 2.81 bits per heavy atom. The van der Waals surface area contributed by atoms with Crippen LogP contribution in [0.3, 0.4) is 0 Å². The van der Waals surface area contributed by atoms with Gasteiger partial charge in [-0.2, -0.15) is 13.5 Å². The Balaban J connectivity index is 1.62. The molecule has 154 valence electrons. The predicted octanol–water partition coefficient (Wildman–Crippen LogP) is -0.327. The van der Waals surface area contributed by atoms with Crippen LogP contribution in [0, 0.1) is 11.3 Å². The average Bonchev–Trinajstić information content (AvgIpc) is 2.86. The van der Waals surface area contributed by atoms with Crippen molar-refractivity contribution in [3.05, 3.63) is 0 Å². The lowest BCUT2D eigenvalue weighted by Gasteiger charge is -2.40. The summed E-state index contributed by atoms with van der Waals surface area (Å²) >= 11 is 0. The Kier molecular flexibility index (Phi) is 5.64. The zero-order valence-electron chi connectivity index (χ0n) is 15.4. The third kappa shape index (κ3) is 4.51. The van der Waals surface area contributed by atoms with Crippen LogP contribution < -0.4 is 10.8 Å². The zero-order chi connectivity index (χ0) is 19.8. The number of hydroxylamine groups is 3. The molecule has 3 aliphatic heterocycles. The Hall–Kier alpha value is -1.47. The van der Waals surface area contributed by atoms with E-state index in [-0.39, 0.29) is 6.54 Å². The normalized spacial score (nSPS) is 30.5. The van der Waals surface area contributed by atoms with Gasteiger partial charge < -0.3 is 10.2 Å². The number of fused-ring (bicyclic) bond motifs is 2. The molecule has 1 unspecified atom stereocenters. The third-order valence-corrected chi connectivity index (χ3v) is 5.80. The van der Waals surface area contributed by atoms with Crippen LogP contribution in [0.15, 0.2) is 0 Å². The van der Waals surface area contributed by atoms with E-state index in [9.17, 15) is 18.0 Å². The summed E-state index contributed by atoms with van der Waals surface area (Å²) in [5, 5.41) is 3.90. The lowest BCUT2D eigenvalue weighted by atomic mass is 9.76. The SMILES string of the molecule is CC1(C)C[C@@H](C(=O)NOCC2CCCNC2)N2C[C@@H]1N(OS(=O)(=O)O)C2=O. The molecule has 0 aromatic carbocycles. The van der Waals surface area contributed by atoms with Crippen molar-refractivity contribution in [1.82, 2.24) is 20.8 Å². The van der Waals surface area contributed by atoms with E-state index in [0.29, 0.717) is 24.0 Å². The smallest absolute Gasteiger partial charge is 0.316 e. The van der Waals surface area contributed by atoms with Crippen molar-refractivity contribution in [2.24, 2.45) is 11.3 Å². The first-order chi connectivity index (χ1) is 12.6. The molecule has 3 rings (SSSR count). The van der Waals surface area contributed by atoms with E-state index in [4.69, 9.17) is 9.39 Å². The van der Waals surface area contributed by atoms with Gasteiger partial charge in [-0.3, -0.25) is 14.2 Å². The fraction of sp³-hybridized carbons (Fsp3) is 0.867. The molecule has 0 aliphatic carbocycles. The van der Waals surface area contributed by atoms with Gasteiger partial charge in [-0.15, -0.1) is 4.28 Å². The largest absolute Gasteiger partial charge is 0.418 e. The fourth-order valence-electron chi connectivity index (χ4n) is 3.95. The van der Waals surface area contributed by atoms with E-state index in [2.05, 4.69) is 15.1 Å². The first-order valence-corrected chi connectivity index (χ1v) is 10.3. The number of nitrogens with one attached hydrogen (secondary N) is 2. The van der Waals surface area contributed by atoms with E-state index in [0.717, 1.165) is 25.9 Å². The summed E-state index contributed by atoms with van der Waals surface area (Å²) < 4.78 is 35.5. The number of rotatable bonds is 6. The number of nitrogens with zero attached hydrogens (tertiary/aromatic N) is 2. The van der Waals surface area contributed by atoms with E-state index in [1.807, 2.05) is 13.8 Å². The first-order valence-electron chi connectivity index (χ1n) is 8.98. The molecule has 11 nitrogen and oxygen atoms in total. The number of piperidine rings is 2. The molecule has 0 spiro atoms. The second-order valence-electron chi connectivity index (χ2n) is 7.98. The summed E-state index contributed by atoms with van der Waals surface area (Å²) in [6.07, 6.45) is 2.38. The molecule has 0 aromatic rings. The van der Waals surface area contributed by atoms with E-state index >= 15 is 0 Å². The molecule has 3 saturated heterocycles. The van der Waals surface area contributed by atoms with Gasteiger partial charge in [0.1, 0.15) is 6.04 Å². The number of hydrogen-bond acceptors (Lipinski definition) is 7. The standard InChI is InChI=1S/C15H26N4O7S/c1-15(2)6-11(13(20)17-25-9-10-4-3-5-16-7-10)18-8-12(15)19(14(18)21)26-27(22,23)24/h10-12,16H,3-9H2,1-2H3,(H,17,20)(H,22,23,24)/t10?,11-,12-/m0/s1. The summed E-state index contributed by atoms with van der Waals surface area (Å²) in [4.78, 5) is 31.7. The maximum atomic E-state index is 12.6. The van der Waals surface area contributed by atoms with Crippen molar-refractivity contribution < 1.29 is 31.7 Å². The van der Waals surface area contributed by atoms with Gasteiger partial charge in [-0.05, 0) is 37.1 Å². The molecule has 3 N–H and O–H groups in total. The molecule has 27 heavy (non-hydrogen) atoms. The van der Waals surface area contributed by atoms with Gasteiger partial charge in [-0.1, -0.05) is 13.8 Å². The first kappa shape index (κ1) is 20.3. The van der Waals surface area contributed by atoms with Crippen LogP contribution in [-0.2, 0) is 24.3 Å². The van der Waals surface area contributed by atoms with Crippen LogP contribution in [0.4, 0.5) is 4.79 Å². The highest BCUT2D eigenvalue weighted by Crippen LogP contribution is 2.42. The number of carbonyl (C=O) groups excluding carboxylic acids is 2. The lowest BCUT2D eigenvalue weighted by molar-refractivity contribution is -0.142. The molecule has 0 aromatic heterocycles. The highest BCUT2D eigenvalue weighted by Gasteiger charge is 2.56. The Morgan fingerprint density at radius 1 is 1.44 bits per heavy atom. The van der Waals surface area contributed by atoms with Crippen LogP contribution in [0.5, 0.6) is 0 Å². The highest BCUT2D eigenvalue weighted by atomic mass is 32.3. The topological polar surface area (TPSA) is 138 Å². The van der Waals surface area contributed by atoms with Gasteiger partial charge >= 0.3 is 16.4 Å². The highest BCUT2D eigenvalue weighted by molar-refractivity contribution is 7.80. The second-order valence-corrected chi connectivity index (χ2v) is 8.98. The summed E-state index contributed by atoms with van der Waals surface area (Å²) in [5.41, 5.74) is 1.81. The van der Waals surface area contributed by atoms with E-state index in [1.54, 1.807) is 0 Å². The molecular formula is C15H26N4O7S. The minimum atomic E-state index is -4.85. The fourth-order valence-corrected chi connectivity index (χ4v) is 4.32. The Morgan fingerprint density at radius 2 is 2.19 bits per heavy atom. The minimum Gasteiger partial charge on any atom is -0.316 e. The molecule has 12 heteroatoms. The van der Waals surface area contributed by atoms with Crippen molar-refractivity contribution in [3.8, 4) is 0 Å². The molecule has 0 saturated carbocycles. The maximum Gasteiger partial charge on any atom is 0.418 e. The molecule has 3 amide bonds. The van der Waals surface area contributed by atoms with Gasteiger partial charge in [0.15, 0.2) is 0 Å². The summed E-state index contributed by atoms with van der Waals surface area (Å²) in [7, 11) is -4.85. The van der Waals surface area contributed by atoms with Crippen molar-refractivity contribution in [1.29, 1.82) is 0 Å². The number of carbonyl (C=O) groups is 2. The predicted molar refractivity (Wildman–Crippen MR) is 92.2 cm³/mol. The van der Waals surface area contributed by atoms with Gasteiger partial charge in [0, 0.05) is 13.1 Å². The average molecular weight is 406 g/mol. The molecule has 3 fully saturated rings. The van der Waals surface area contributed by atoms with Crippen LogP contribution >= 0.6 is 0 Å². The summed E-state index contributed by atoms with van der Waals surface area (Å²) in [6.45, 7) is 5.93. The van der Waals surface area contributed by atoms with Gasteiger partial charge in [0.05, 0.1) is 12.6 Å². The Bertz CT molecular complexity index is 692. The monoisotopic (exact) mass is 406 g/mol. The van der Waals surface area contributed by atoms with Crippen molar-refractivity contribution in [2.45, 2.75) is 45.2 Å². The molecular weight excluding hydrogens is 380 g/mol. The lowest BCUT2D eigenvalue weighted by Crippen LogP contribution is -2.54. The van der Waals surface area contributed by atoms with E-state index < -0.39 is 39.8 Å². The van der Waals surface area contributed by atoms with E-state index in [1.165, 1.54) is 4.90 Å². The van der Waals surface area contributed by atoms with Crippen molar-refractivity contribution >= 4 is 22.3 Å². The van der Waals surface area contributed by atoms with Crippen molar-refractivity contribution in [3.63, 3.8) is 0 Å². The number of urea groups is 1. The Labute approximate surface area is 158 Å². The molecule has 3 atom stereocenters. The molecule has 2 bridgehead atoms. The quantitative estimate of drug-likeness (QED) is 0.403. The summed E-state index contributed by atoms with van der Waals surface area (Å²) in [6, 6.07) is -2.20. The van der Waals surface area contributed by atoms with Crippen LogP contribution in [-0.4, -0.2) is 73.2 Å².